The number of ether oxygens (including phenoxy) is 3. The number of halogens is 2. The quantitative estimate of drug-likeness (QED) is 0.506. The largest absolute Gasteiger partial charge is 0.493 e. The molecule has 2 aromatic carbocycles. The van der Waals surface area contributed by atoms with Crippen LogP contribution in [0.25, 0.3) is 0 Å². The normalized spacial score (nSPS) is 16.4. The van der Waals surface area contributed by atoms with Crippen LogP contribution < -0.4 is 14.2 Å². The molecule has 190 valence electrons. The van der Waals surface area contributed by atoms with Gasteiger partial charge in [0.1, 0.15) is 5.75 Å². The second-order valence-electron chi connectivity index (χ2n) is 9.12. The number of hydrogen-bond acceptors (Lipinski definition) is 6. The van der Waals surface area contributed by atoms with Gasteiger partial charge < -0.3 is 19.1 Å². The molecule has 0 unspecified atom stereocenters. The second-order valence-corrected chi connectivity index (χ2v) is 11.1. The van der Waals surface area contributed by atoms with Gasteiger partial charge in [0, 0.05) is 43.7 Å². The van der Waals surface area contributed by atoms with E-state index in [0.717, 1.165) is 12.1 Å². The highest BCUT2D eigenvalue weighted by Gasteiger charge is 2.36. The van der Waals surface area contributed by atoms with Crippen LogP contribution in [0.3, 0.4) is 0 Å². The van der Waals surface area contributed by atoms with Gasteiger partial charge in [-0.2, -0.15) is 4.31 Å². The summed E-state index contributed by atoms with van der Waals surface area (Å²) in [5.74, 6) is -0.837. The summed E-state index contributed by atoms with van der Waals surface area (Å²) >= 11 is 0. The first-order valence-electron chi connectivity index (χ1n) is 11.3. The fourth-order valence-corrected chi connectivity index (χ4v) is 5.56. The maximum Gasteiger partial charge on any atom is 0.243 e. The van der Waals surface area contributed by atoms with Gasteiger partial charge in [-0.05, 0) is 37.1 Å². The van der Waals surface area contributed by atoms with Gasteiger partial charge in [-0.1, -0.05) is 13.8 Å². The highest BCUT2D eigenvalue weighted by molar-refractivity contribution is 7.89. The number of hydrogen-bond donors (Lipinski definition) is 0. The van der Waals surface area contributed by atoms with Gasteiger partial charge in [0.2, 0.25) is 22.7 Å². The van der Waals surface area contributed by atoms with Crippen LogP contribution in [0.2, 0.25) is 0 Å². The van der Waals surface area contributed by atoms with Gasteiger partial charge in [-0.15, -0.1) is 0 Å². The van der Waals surface area contributed by atoms with Crippen molar-refractivity contribution in [1.29, 1.82) is 0 Å². The molecule has 0 atom stereocenters. The van der Waals surface area contributed by atoms with Crippen LogP contribution in [0.5, 0.6) is 17.2 Å². The van der Waals surface area contributed by atoms with E-state index in [1.54, 1.807) is 11.0 Å². The Labute approximate surface area is 203 Å². The minimum atomic E-state index is -3.72. The van der Waals surface area contributed by atoms with Crippen LogP contribution in [0.4, 0.5) is 8.78 Å². The number of sulfonamides is 1. The van der Waals surface area contributed by atoms with Crippen molar-refractivity contribution in [2.45, 2.75) is 31.6 Å². The van der Waals surface area contributed by atoms with E-state index >= 15 is 0 Å². The SMILES string of the molecule is CC(C)(CCCOc1ccc(F)c(F)c1)C(=O)N1CCN(S(=O)(=O)c2ccc3c(c2)OCO3)CC1. The highest BCUT2D eigenvalue weighted by atomic mass is 32.2. The third-order valence-corrected chi connectivity index (χ3v) is 8.09. The summed E-state index contributed by atoms with van der Waals surface area (Å²) in [5, 5.41) is 0. The molecule has 4 rings (SSSR count). The van der Waals surface area contributed by atoms with Gasteiger partial charge in [0.15, 0.2) is 23.1 Å². The number of nitrogens with zero attached hydrogens (tertiary/aromatic N) is 2. The number of benzene rings is 2. The van der Waals surface area contributed by atoms with Gasteiger partial charge in [0.25, 0.3) is 0 Å². The molecule has 0 spiro atoms. The molecule has 2 aromatic rings. The molecular formula is C24H28F2N2O6S. The first kappa shape index (κ1) is 25.2. The topological polar surface area (TPSA) is 85.4 Å². The molecule has 2 aliphatic heterocycles. The van der Waals surface area contributed by atoms with Crippen molar-refractivity contribution in [3.63, 3.8) is 0 Å². The molecule has 1 fully saturated rings. The first-order valence-corrected chi connectivity index (χ1v) is 12.8. The fourth-order valence-electron chi connectivity index (χ4n) is 4.12. The maximum atomic E-state index is 13.3. The number of fused-ring (bicyclic) bond motifs is 1. The van der Waals surface area contributed by atoms with Gasteiger partial charge in [-0.3, -0.25) is 4.79 Å². The van der Waals surface area contributed by atoms with Crippen molar-refractivity contribution < 1.29 is 36.2 Å². The predicted octanol–water partition coefficient (Wildman–Crippen LogP) is 3.41. The molecule has 1 saturated heterocycles. The van der Waals surface area contributed by atoms with Gasteiger partial charge in [0.05, 0.1) is 11.5 Å². The van der Waals surface area contributed by atoms with E-state index in [0.29, 0.717) is 24.3 Å². The monoisotopic (exact) mass is 510 g/mol. The Hall–Kier alpha value is -2.92. The lowest BCUT2D eigenvalue weighted by Gasteiger charge is -2.38. The minimum Gasteiger partial charge on any atom is -0.493 e. The Kier molecular flexibility index (Phi) is 7.18. The average molecular weight is 511 g/mol. The zero-order chi connectivity index (χ0) is 25.2. The molecule has 35 heavy (non-hydrogen) atoms. The fraction of sp³-hybridized carbons (Fsp3) is 0.458. The maximum absolute atomic E-state index is 13.3. The molecule has 0 bridgehead atoms. The van der Waals surface area contributed by atoms with Crippen molar-refractivity contribution in [3.8, 4) is 17.2 Å². The van der Waals surface area contributed by atoms with E-state index in [9.17, 15) is 22.0 Å². The molecule has 11 heteroatoms. The summed E-state index contributed by atoms with van der Waals surface area (Å²) in [4.78, 5) is 14.9. The smallest absolute Gasteiger partial charge is 0.243 e. The van der Waals surface area contributed by atoms with E-state index in [2.05, 4.69) is 0 Å². The average Bonchev–Trinajstić information content (AvgIpc) is 3.32. The van der Waals surface area contributed by atoms with E-state index in [1.165, 1.54) is 22.5 Å². The first-order chi connectivity index (χ1) is 16.6. The standard InChI is InChI=1S/C24H28F2N2O6S/c1-24(2,8-3-13-32-17-4-6-19(25)20(26)14-17)23(29)27-9-11-28(12-10-27)35(30,31)18-5-7-21-22(15-18)34-16-33-21/h4-7,14-15H,3,8-13,16H2,1-2H3. The molecule has 2 heterocycles. The summed E-state index contributed by atoms with van der Waals surface area (Å²) in [6.07, 6.45) is 1.06. The number of piperazine rings is 1. The van der Waals surface area contributed by atoms with Gasteiger partial charge in [-0.25, -0.2) is 17.2 Å². The van der Waals surface area contributed by atoms with E-state index in [4.69, 9.17) is 14.2 Å². The lowest BCUT2D eigenvalue weighted by molar-refractivity contribution is -0.142. The Morgan fingerprint density at radius 1 is 1.00 bits per heavy atom. The van der Waals surface area contributed by atoms with Crippen molar-refractivity contribution in [2.75, 3.05) is 39.6 Å². The zero-order valence-electron chi connectivity index (χ0n) is 19.6. The summed E-state index contributed by atoms with van der Waals surface area (Å²) < 4.78 is 69.8. The summed E-state index contributed by atoms with van der Waals surface area (Å²) in [6, 6.07) is 7.87. The molecular weight excluding hydrogens is 482 g/mol. The Morgan fingerprint density at radius 3 is 2.43 bits per heavy atom. The van der Waals surface area contributed by atoms with Crippen molar-refractivity contribution in [3.05, 3.63) is 48.0 Å². The lowest BCUT2D eigenvalue weighted by Crippen LogP contribution is -2.53. The minimum absolute atomic E-state index is 0.0618. The molecule has 1 amide bonds. The summed E-state index contributed by atoms with van der Waals surface area (Å²) in [6.45, 7) is 4.95. The van der Waals surface area contributed by atoms with Crippen LogP contribution in [-0.4, -0.2) is 63.1 Å². The molecule has 0 N–H and O–H groups in total. The highest BCUT2D eigenvalue weighted by Crippen LogP contribution is 2.35. The summed E-state index contributed by atoms with van der Waals surface area (Å²) in [5.41, 5.74) is -0.685. The molecule has 2 aliphatic rings. The van der Waals surface area contributed by atoms with Crippen LogP contribution in [0, 0.1) is 17.0 Å². The van der Waals surface area contributed by atoms with Crippen LogP contribution in [0.1, 0.15) is 26.7 Å². The van der Waals surface area contributed by atoms with E-state index in [1.807, 2.05) is 13.8 Å². The van der Waals surface area contributed by atoms with Crippen molar-refractivity contribution in [1.82, 2.24) is 9.21 Å². The Bertz CT molecular complexity index is 1200. The Morgan fingerprint density at radius 2 is 1.71 bits per heavy atom. The number of carbonyl (C=O) groups excluding carboxylic acids is 1. The number of carbonyl (C=O) groups is 1. The van der Waals surface area contributed by atoms with E-state index in [-0.39, 0.29) is 56.1 Å². The van der Waals surface area contributed by atoms with Gasteiger partial charge >= 0.3 is 0 Å². The lowest BCUT2D eigenvalue weighted by atomic mass is 9.86. The Balaban J connectivity index is 1.27. The molecule has 0 radical (unpaired) electrons. The van der Waals surface area contributed by atoms with Crippen LogP contribution >= 0.6 is 0 Å². The molecule has 0 aromatic heterocycles. The van der Waals surface area contributed by atoms with Crippen LogP contribution in [0.15, 0.2) is 41.3 Å². The zero-order valence-corrected chi connectivity index (χ0v) is 20.4. The molecule has 0 saturated carbocycles. The predicted molar refractivity (Wildman–Crippen MR) is 123 cm³/mol. The third-order valence-electron chi connectivity index (χ3n) is 6.19. The second kappa shape index (κ2) is 9.98. The van der Waals surface area contributed by atoms with Crippen molar-refractivity contribution >= 4 is 15.9 Å². The van der Waals surface area contributed by atoms with Crippen LogP contribution in [-0.2, 0) is 14.8 Å². The third kappa shape index (κ3) is 5.51. The molecule has 0 aliphatic carbocycles. The van der Waals surface area contributed by atoms with E-state index < -0.39 is 27.1 Å². The number of rotatable bonds is 8. The molecule has 8 nitrogen and oxygen atoms in total. The summed E-state index contributed by atoms with van der Waals surface area (Å²) in [7, 11) is -3.72. The number of amides is 1. The van der Waals surface area contributed by atoms with Crippen molar-refractivity contribution in [2.24, 2.45) is 5.41 Å².